The number of carbonyl (C=O) groups is 2. The molecular formula is C43H46N6O8S. The molecule has 302 valence electrons. The van der Waals surface area contributed by atoms with Crippen molar-refractivity contribution in [2.45, 2.75) is 87.6 Å². The highest BCUT2D eigenvalue weighted by Gasteiger charge is 2.62. The highest BCUT2D eigenvalue weighted by Crippen LogP contribution is 2.64. The number of nitriles is 1. The molecular weight excluding hydrogens is 761 g/mol. The predicted octanol–water partition coefficient (Wildman–Crippen LogP) is 4.39. The van der Waals surface area contributed by atoms with E-state index in [9.17, 15) is 15.2 Å². The largest absolute Gasteiger partial charge is 0.504 e. The number of fused-ring (bicyclic) bond motifs is 11. The van der Waals surface area contributed by atoms with Gasteiger partial charge in [-0.05, 0) is 69.5 Å². The number of piperazine rings is 1. The maximum Gasteiger partial charge on any atom is 0.333 e. The molecule has 2 fully saturated rings. The molecule has 5 N–H and O–H groups in total. The zero-order valence-electron chi connectivity index (χ0n) is 33.2. The number of phenols is 1. The molecule has 8 atom stereocenters. The third-order valence-electron chi connectivity index (χ3n) is 13.4. The maximum atomic E-state index is 15.1. The Labute approximate surface area is 339 Å². The molecule has 0 amide bonds. The van der Waals surface area contributed by atoms with E-state index in [-0.39, 0.29) is 43.5 Å². The van der Waals surface area contributed by atoms with Crippen molar-refractivity contribution in [3.63, 3.8) is 0 Å². The van der Waals surface area contributed by atoms with Gasteiger partial charge >= 0.3 is 11.9 Å². The van der Waals surface area contributed by atoms with Crippen molar-refractivity contribution in [2.75, 3.05) is 39.9 Å². The van der Waals surface area contributed by atoms with Gasteiger partial charge in [-0.1, -0.05) is 17.7 Å². The fraction of sp³-hybridized carbons (Fsp3) is 0.465. The van der Waals surface area contributed by atoms with E-state index < -0.39 is 46.9 Å². The van der Waals surface area contributed by atoms with E-state index in [1.165, 1.54) is 18.7 Å². The minimum absolute atomic E-state index is 0.0495. The summed E-state index contributed by atoms with van der Waals surface area (Å²) in [7, 11) is 3.56. The van der Waals surface area contributed by atoms with Gasteiger partial charge in [0.1, 0.15) is 18.4 Å². The third kappa shape index (κ3) is 4.99. The molecule has 8 heterocycles. The Kier molecular flexibility index (Phi) is 8.53. The minimum Gasteiger partial charge on any atom is -0.504 e. The van der Waals surface area contributed by atoms with Crippen LogP contribution in [0.1, 0.15) is 74.5 Å². The van der Waals surface area contributed by atoms with Crippen LogP contribution in [0.25, 0.3) is 10.9 Å². The van der Waals surface area contributed by atoms with Gasteiger partial charge in [0.15, 0.2) is 28.5 Å². The molecule has 1 spiro atoms. The molecule has 4 bridgehead atoms. The number of methoxy groups -OCH3 is 1. The second-order valence-electron chi connectivity index (χ2n) is 16.5. The number of aromatic hydroxyl groups is 1. The van der Waals surface area contributed by atoms with Crippen LogP contribution in [-0.4, -0.2) is 95.9 Å². The van der Waals surface area contributed by atoms with Crippen molar-refractivity contribution in [3.8, 4) is 34.8 Å². The molecule has 14 nitrogen and oxygen atoms in total. The monoisotopic (exact) mass is 806 g/mol. The molecule has 4 aromatic rings. The number of aryl methyl sites for hydroxylation is 2. The van der Waals surface area contributed by atoms with Gasteiger partial charge in [-0.15, -0.1) is 11.8 Å². The van der Waals surface area contributed by atoms with Crippen molar-refractivity contribution in [1.29, 1.82) is 5.26 Å². The summed E-state index contributed by atoms with van der Waals surface area (Å²) in [6, 6.07) is 8.04. The van der Waals surface area contributed by atoms with Crippen LogP contribution in [0.15, 0.2) is 24.3 Å². The normalized spacial score (nSPS) is 29.6. The van der Waals surface area contributed by atoms with Crippen LogP contribution in [0.4, 0.5) is 0 Å². The summed E-state index contributed by atoms with van der Waals surface area (Å²) in [6.45, 7) is 7.28. The summed E-state index contributed by atoms with van der Waals surface area (Å²) in [4.78, 5) is 36.2. The average molecular weight is 807 g/mol. The number of nitrogens with zero attached hydrogens (tertiary/aromatic N) is 3. The minimum atomic E-state index is -1.35. The predicted molar refractivity (Wildman–Crippen MR) is 214 cm³/mol. The van der Waals surface area contributed by atoms with Crippen molar-refractivity contribution < 1.29 is 38.4 Å². The second-order valence-corrected chi connectivity index (χ2v) is 17.7. The van der Waals surface area contributed by atoms with E-state index in [0.717, 1.165) is 44.4 Å². The molecule has 58 heavy (non-hydrogen) atoms. The van der Waals surface area contributed by atoms with Crippen LogP contribution in [0, 0.1) is 32.1 Å². The molecule has 3 aromatic carbocycles. The van der Waals surface area contributed by atoms with Gasteiger partial charge in [-0.2, -0.15) is 5.26 Å². The van der Waals surface area contributed by atoms with Crippen molar-refractivity contribution >= 4 is 34.6 Å². The first-order valence-corrected chi connectivity index (χ1v) is 20.8. The van der Waals surface area contributed by atoms with Crippen LogP contribution in [0.2, 0.25) is 0 Å². The fourth-order valence-electron chi connectivity index (χ4n) is 11.1. The summed E-state index contributed by atoms with van der Waals surface area (Å²) in [6.07, 6.45) is 1.12. The number of hydrogen-bond donors (Lipinski definition) is 4. The smallest absolute Gasteiger partial charge is 0.333 e. The third-order valence-corrected chi connectivity index (χ3v) is 14.9. The van der Waals surface area contributed by atoms with Gasteiger partial charge in [0.25, 0.3) is 0 Å². The Hall–Kier alpha value is -4.98. The van der Waals surface area contributed by atoms with E-state index in [1.54, 1.807) is 7.11 Å². The maximum absolute atomic E-state index is 15.1. The van der Waals surface area contributed by atoms with Gasteiger partial charge in [0.2, 0.25) is 6.79 Å². The lowest BCUT2D eigenvalue weighted by atomic mass is 9.71. The summed E-state index contributed by atoms with van der Waals surface area (Å²) in [5.74, 6) is 0.962. The number of hydrogen-bond acceptors (Lipinski definition) is 14. The van der Waals surface area contributed by atoms with Gasteiger partial charge in [-0.3, -0.25) is 19.9 Å². The number of rotatable bonds is 3. The van der Waals surface area contributed by atoms with Crippen LogP contribution >= 0.6 is 11.8 Å². The zero-order valence-corrected chi connectivity index (χ0v) is 34.0. The van der Waals surface area contributed by atoms with Gasteiger partial charge < -0.3 is 39.5 Å². The van der Waals surface area contributed by atoms with E-state index in [1.807, 2.05) is 33.0 Å². The number of aromatic amines is 1. The summed E-state index contributed by atoms with van der Waals surface area (Å²) >= 11 is 1.53. The molecule has 2 saturated heterocycles. The van der Waals surface area contributed by atoms with E-state index in [2.05, 4.69) is 45.2 Å². The summed E-state index contributed by atoms with van der Waals surface area (Å²) < 4.78 is 30.9. The number of aromatic nitrogens is 1. The molecule has 7 aliphatic rings. The molecule has 0 radical (unpaired) electrons. The number of esters is 2. The van der Waals surface area contributed by atoms with E-state index in [4.69, 9.17) is 29.4 Å². The quantitative estimate of drug-likeness (QED) is 0.169. The number of H-pyrrole nitrogens is 1. The Morgan fingerprint density at radius 3 is 2.66 bits per heavy atom. The first-order valence-electron chi connectivity index (χ1n) is 19.7. The number of ether oxygens (including phenoxy) is 5. The fourth-order valence-corrected chi connectivity index (χ4v) is 12.7. The lowest BCUT2D eigenvalue weighted by Crippen LogP contribution is -2.69. The van der Waals surface area contributed by atoms with Crippen LogP contribution in [0.5, 0.6) is 28.7 Å². The number of carbonyl (C=O) groups excluding carboxylic acids is 2. The molecule has 0 aliphatic carbocycles. The Balaban J connectivity index is 1.26. The molecule has 11 rings (SSSR count). The van der Waals surface area contributed by atoms with Crippen LogP contribution in [-0.2, 0) is 32.7 Å². The number of thioether (sulfide) groups is 1. The lowest BCUT2D eigenvalue weighted by molar-refractivity contribution is -0.158. The van der Waals surface area contributed by atoms with E-state index >= 15 is 4.79 Å². The van der Waals surface area contributed by atoms with Crippen molar-refractivity contribution in [3.05, 3.63) is 74.5 Å². The number of likely N-dealkylation sites (N-methyl/N-ethyl adjacent to an activating group) is 1. The topological polar surface area (TPSA) is 185 Å². The molecule has 15 heteroatoms. The number of nitrogens with one attached hydrogen (secondary N) is 2. The first-order chi connectivity index (χ1) is 27.9. The Bertz CT molecular complexity index is 2500. The summed E-state index contributed by atoms with van der Waals surface area (Å²) in [5.41, 5.74) is 13.3. The Morgan fingerprint density at radius 1 is 1.12 bits per heavy atom. The highest BCUT2D eigenvalue weighted by molar-refractivity contribution is 7.99. The van der Waals surface area contributed by atoms with Crippen LogP contribution < -0.4 is 30.0 Å². The standard InChI is InChI=1S/C43H46N6O8S/c1-18-7-8-26-24(9-18)25-12-23(13-44)47-43(41(25)46-26)16-58-40-32-31(39-38(55-17-56-39)20(3)37(32)57-21(4)50)29(15-54-42(43)52)49-28(14-45)27-11-22-10-19(2)36(53-6)35(51)30(22)33(34(40)49)48(27)5/h7-10,23,27-29,33-34,40,46-47,51H,11-13,15-17,44H2,1-6H3/t23-,27+,28+,29+,33+,34-,40-,43-/m1/s1. The first kappa shape index (κ1) is 37.3. The number of phenolic OH excluding ortho intramolecular Hbond substituents is 1. The van der Waals surface area contributed by atoms with Crippen molar-refractivity contribution in [1.82, 2.24) is 20.1 Å². The Morgan fingerprint density at radius 2 is 1.91 bits per heavy atom. The molecule has 0 saturated carbocycles. The molecule has 7 aliphatic heterocycles. The SMILES string of the molecule is COc1c(C)cc2c(c1O)[C@H]1[C@@H]3[C@@H]4SC[C@]5(N[C@@H](CN)Cc6c5[nH]c5ccc(C)cc65)C(=O)OC[C@@H](c5c6c(c(C)c(OC(C)=O)c54)OCO6)N3[C@@H](C#N)[C@H](C2)N1C. The number of nitrogens with two attached hydrogens (primary N) is 1. The molecule has 0 unspecified atom stereocenters. The van der Waals surface area contributed by atoms with Gasteiger partial charge in [0.05, 0.1) is 36.2 Å². The van der Waals surface area contributed by atoms with Gasteiger partial charge in [0, 0.05) is 70.5 Å². The lowest BCUT2D eigenvalue weighted by Gasteiger charge is -2.62. The zero-order chi connectivity index (χ0) is 40.5. The van der Waals surface area contributed by atoms with Gasteiger partial charge in [-0.25, -0.2) is 4.79 Å². The number of benzene rings is 3. The molecule has 1 aromatic heterocycles. The van der Waals surface area contributed by atoms with Crippen LogP contribution in [0.3, 0.4) is 0 Å². The second kappa shape index (κ2) is 13.3. The summed E-state index contributed by atoms with van der Waals surface area (Å²) in [5, 5.41) is 27.5. The van der Waals surface area contributed by atoms with E-state index in [0.29, 0.717) is 52.5 Å². The highest BCUT2D eigenvalue weighted by atomic mass is 32.2. The van der Waals surface area contributed by atoms with Crippen molar-refractivity contribution in [2.24, 2.45) is 5.73 Å². The average Bonchev–Trinajstić information content (AvgIpc) is 3.83.